The van der Waals surface area contributed by atoms with E-state index < -0.39 is 12.0 Å². The largest absolute Gasteiger partial charge is 0.461 e. The van der Waals surface area contributed by atoms with Crippen LogP contribution >= 0.6 is 0 Å². The Labute approximate surface area is 176 Å². The molecule has 154 valence electrons. The van der Waals surface area contributed by atoms with Gasteiger partial charge < -0.3 is 10.5 Å². The number of pyridine rings is 1. The first-order chi connectivity index (χ1) is 14.6. The molecule has 2 aromatic carbocycles. The summed E-state index contributed by atoms with van der Waals surface area (Å²) in [4.78, 5) is 29.8. The molecule has 5 nitrogen and oxygen atoms in total. The summed E-state index contributed by atoms with van der Waals surface area (Å²) in [7, 11) is 0. The zero-order valence-electron chi connectivity index (χ0n) is 16.8. The third-order valence-corrected chi connectivity index (χ3v) is 4.90. The van der Waals surface area contributed by atoms with Crippen molar-refractivity contribution < 1.29 is 14.3 Å². The van der Waals surface area contributed by atoms with E-state index in [1.807, 2.05) is 78.9 Å². The van der Waals surface area contributed by atoms with Crippen LogP contribution in [0.1, 0.15) is 23.2 Å². The standard InChI is InChI=1S/C25H26N2O3/c26-23(17-22-13-7-8-14-27-22)24(28)16-21(15-19-9-3-1-4-10-19)25(29)30-18-20-11-5-2-6-12-20/h1-14,21,23H,15-18,26H2/t21-,23+/m1/s1. The Bertz CT molecular complexity index is 930. The van der Waals surface area contributed by atoms with Gasteiger partial charge in [0, 0.05) is 24.7 Å². The molecule has 0 spiro atoms. The number of esters is 1. The van der Waals surface area contributed by atoms with E-state index >= 15 is 0 Å². The molecule has 2 atom stereocenters. The number of nitrogens with two attached hydrogens (primary N) is 1. The molecule has 5 heteroatoms. The molecule has 2 N–H and O–H groups in total. The van der Waals surface area contributed by atoms with Crippen LogP contribution in [-0.4, -0.2) is 22.8 Å². The molecule has 0 bridgehead atoms. The number of aromatic nitrogens is 1. The fraction of sp³-hybridized carbons (Fsp3) is 0.240. The summed E-state index contributed by atoms with van der Waals surface area (Å²) in [5, 5.41) is 0. The van der Waals surface area contributed by atoms with E-state index in [1.54, 1.807) is 6.20 Å². The first kappa shape index (κ1) is 21.4. The Morgan fingerprint density at radius 1 is 0.833 bits per heavy atom. The summed E-state index contributed by atoms with van der Waals surface area (Å²) < 4.78 is 5.52. The minimum absolute atomic E-state index is 0.0382. The first-order valence-corrected chi connectivity index (χ1v) is 10.0. The molecule has 0 aliphatic heterocycles. The Hall–Kier alpha value is -3.31. The SMILES string of the molecule is N[C@@H](Cc1ccccn1)C(=O)C[C@@H](Cc1ccccc1)C(=O)OCc1ccccc1. The first-order valence-electron chi connectivity index (χ1n) is 10.0. The Kier molecular flexibility index (Phi) is 7.86. The second kappa shape index (κ2) is 11.0. The normalized spacial score (nSPS) is 12.7. The van der Waals surface area contributed by atoms with Crippen molar-refractivity contribution in [3.8, 4) is 0 Å². The molecular weight excluding hydrogens is 376 g/mol. The number of carbonyl (C=O) groups is 2. The number of Topliss-reactive ketones (excluding diaryl/α,β-unsaturated/α-hetero) is 1. The zero-order valence-corrected chi connectivity index (χ0v) is 16.8. The van der Waals surface area contributed by atoms with Crippen molar-refractivity contribution in [2.45, 2.75) is 31.9 Å². The molecule has 0 saturated carbocycles. The highest BCUT2D eigenvalue weighted by Gasteiger charge is 2.27. The van der Waals surface area contributed by atoms with E-state index in [2.05, 4.69) is 4.98 Å². The van der Waals surface area contributed by atoms with Gasteiger partial charge in [0.25, 0.3) is 0 Å². The second-order valence-electron chi connectivity index (χ2n) is 7.28. The van der Waals surface area contributed by atoms with E-state index in [9.17, 15) is 9.59 Å². The van der Waals surface area contributed by atoms with Crippen molar-refractivity contribution in [3.63, 3.8) is 0 Å². The van der Waals surface area contributed by atoms with Crippen LogP contribution in [0.4, 0.5) is 0 Å². The van der Waals surface area contributed by atoms with Gasteiger partial charge in [0.15, 0.2) is 5.78 Å². The van der Waals surface area contributed by atoms with Crippen molar-refractivity contribution in [3.05, 3.63) is 102 Å². The monoisotopic (exact) mass is 402 g/mol. The zero-order chi connectivity index (χ0) is 21.2. The van der Waals surface area contributed by atoms with Crippen LogP contribution in [0.15, 0.2) is 85.1 Å². The summed E-state index contributed by atoms with van der Waals surface area (Å²) in [5.74, 6) is -1.14. The minimum Gasteiger partial charge on any atom is -0.461 e. The quantitative estimate of drug-likeness (QED) is 0.525. The van der Waals surface area contributed by atoms with Crippen LogP contribution in [0.2, 0.25) is 0 Å². The van der Waals surface area contributed by atoms with Gasteiger partial charge >= 0.3 is 5.97 Å². The van der Waals surface area contributed by atoms with Crippen molar-refractivity contribution in [2.24, 2.45) is 11.7 Å². The average Bonchev–Trinajstić information content (AvgIpc) is 2.79. The topological polar surface area (TPSA) is 82.3 Å². The summed E-state index contributed by atoms with van der Waals surface area (Å²) >= 11 is 0. The molecular formula is C25H26N2O3. The Morgan fingerprint density at radius 2 is 1.47 bits per heavy atom. The molecule has 0 aliphatic rings. The molecule has 0 radical (unpaired) electrons. The van der Waals surface area contributed by atoms with Gasteiger partial charge in [-0.05, 0) is 29.7 Å². The third kappa shape index (κ3) is 6.64. The van der Waals surface area contributed by atoms with Gasteiger partial charge in [-0.15, -0.1) is 0 Å². The van der Waals surface area contributed by atoms with Gasteiger partial charge in [-0.25, -0.2) is 0 Å². The van der Waals surface area contributed by atoms with Crippen LogP contribution in [0.3, 0.4) is 0 Å². The minimum atomic E-state index is -0.708. The lowest BCUT2D eigenvalue weighted by Gasteiger charge is -2.18. The number of nitrogens with zero attached hydrogens (tertiary/aromatic N) is 1. The predicted octanol–water partition coefficient (Wildman–Crippen LogP) is 3.51. The molecule has 3 rings (SSSR count). The molecule has 1 heterocycles. The highest BCUT2D eigenvalue weighted by atomic mass is 16.5. The van der Waals surface area contributed by atoms with Gasteiger partial charge in [0.2, 0.25) is 0 Å². The smallest absolute Gasteiger partial charge is 0.310 e. The number of benzene rings is 2. The molecule has 3 aromatic rings. The van der Waals surface area contributed by atoms with E-state index in [4.69, 9.17) is 10.5 Å². The third-order valence-electron chi connectivity index (χ3n) is 4.90. The molecule has 0 unspecified atom stereocenters. The summed E-state index contributed by atoms with van der Waals surface area (Å²) in [5.41, 5.74) is 8.75. The lowest BCUT2D eigenvalue weighted by Crippen LogP contribution is -2.36. The van der Waals surface area contributed by atoms with Crippen LogP contribution in [0.5, 0.6) is 0 Å². The number of carbonyl (C=O) groups excluding carboxylic acids is 2. The number of ether oxygens (including phenoxy) is 1. The van der Waals surface area contributed by atoms with Crippen LogP contribution in [-0.2, 0) is 33.8 Å². The van der Waals surface area contributed by atoms with E-state index in [0.29, 0.717) is 12.8 Å². The van der Waals surface area contributed by atoms with Gasteiger partial charge in [-0.2, -0.15) is 0 Å². The van der Waals surface area contributed by atoms with Gasteiger partial charge in [0.1, 0.15) is 6.61 Å². The van der Waals surface area contributed by atoms with Crippen LogP contribution in [0, 0.1) is 5.92 Å². The fourth-order valence-corrected chi connectivity index (χ4v) is 3.24. The van der Waals surface area contributed by atoms with Crippen LogP contribution in [0.25, 0.3) is 0 Å². The maximum absolute atomic E-state index is 12.8. The van der Waals surface area contributed by atoms with Crippen molar-refractivity contribution in [1.82, 2.24) is 4.98 Å². The highest BCUT2D eigenvalue weighted by molar-refractivity contribution is 5.88. The van der Waals surface area contributed by atoms with Crippen LogP contribution < -0.4 is 5.73 Å². The number of hydrogen-bond donors (Lipinski definition) is 1. The average molecular weight is 402 g/mol. The Balaban J connectivity index is 1.65. The van der Waals surface area contributed by atoms with E-state index in [-0.39, 0.29) is 24.8 Å². The summed E-state index contributed by atoms with van der Waals surface area (Å²) in [6.45, 7) is 0.180. The molecule has 0 aliphatic carbocycles. The Morgan fingerprint density at radius 3 is 2.10 bits per heavy atom. The van der Waals surface area contributed by atoms with Gasteiger partial charge in [-0.1, -0.05) is 66.7 Å². The van der Waals surface area contributed by atoms with Gasteiger partial charge in [0.05, 0.1) is 12.0 Å². The lowest BCUT2D eigenvalue weighted by atomic mass is 9.91. The molecule has 1 aromatic heterocycles. The van der Waals surface area contributed by atoms with Gasteiger partial charge in [-0.3, -0.25) is 14.6 Å². The van der Waals surface area contributed by atoms with E-state index in [0.717, 1.165) is 16.8 Å². The fourth-order valence-electron chi connectivity index (χ4n) is 3.24. The van der Waals surface area contributed by atoms with Crippen molar-refractivity contribution in [2.75, 3.05) is 0 Å². The molecule has 0 saturated heterocycles. The molecule has 0 fully saturated rings. The number of rotatable bonds is 10. The predicted molar refractivity (Wildman–Crippen MR) is 115 cm³/mol. The molecule has 0 amide bonds. The maximum atomic E-state index is 12.8. The number of hydrogen-bond acceptors (Lipinski definition) is 5. The maximum Gasteiger partial charge on any atom is 0.310 e. The number of ketones is 1. The van der Waals surface area contributed by atoms with Crippen molar-refractivity contribution in [1.29, 1.82) is 0 Å². The lowest BCUT2D eigenvalue weighted by molar-refractivity contribution is -0.151. The highest BCUT2D eigenvalue weighted by Crippen LogP contribution is 2.17. The van der Waals surface area contributed by atoms with Crippen molar-refractivity contribution >= 4 is 11.8 Å². The second-order valence-corrected chi connectivity index (χ2v) is 7.28. The molecule has 30 heavy (non-hydrogen) atoms. The summed E-state index contributed by atoms with van der Waals surface area (Å²) in [6, 6.07) is 23.9. The summed E-state index contributed by atoms with van der Waals surface area (Å²) in [6.07, 6.45) is 2.48. The van der Waals surface area contributed by atoms with E-state index in [1.165, 1.54) is 0 Å².